The zero-order valence-corrected chi connectivity index (χ0v) is 16.8. The molecule has 2 amide bonds. The number of hydrogen-bond donors (Lipinski definition) is 2. The van der Waals surface area contributed by atoms with Gasteiger partial charge in [-0.25, -0.2) is 5.43 Å². The van der Waals surface area contributed by atoms with E-state index in [0.717, 1.165) is 11.1 Å². The summed E-state index contributed by atoms with van der Waals surface area (Å²) in [6.07, 6.45) is 1.75. The number of amides is 2. The van der Waals surface area contributed by atoms with E-state index in [1.54, 1.807) is 32.4 Å². The molecule has 158 valence electrons. The van der Waals surface area contributed by atoms with E-state index in [1.807, 2.05) is 18.2 Å². The number of fused-ring (bicyclic) bond motifs is 1. The molecule has 9 heteroatoms. The number of hydrazone groups is 1. The van der Waals surface area contributed by atoms with Crippen molar-refractivity contribution in [2.45, 2.75) is 12.8 Å². The number of carbonyl (C=O) groups excluding carboxylic acids is 2. The molecule has 2 aromatic rings. The van der Waals surface area contributed by atoms with Crippen molar-refractivity contribution < 1.29 is 28.5 Å². The Morgan fingerprint density at radius 3 is 2.63 bits per heavy atom. The third kappa shape index (κ3) is 5.63. The van der Waals surface area contributed by atoms with Crippen molar-refractivity contribution in [2.75, 3.05) is 27.6 Å². The predicted molar refractivity (Wildman–Crippen MR) is 109 cm³/mol. The molecule has 0 saturated carbocycles. The van der Waals surface area contributed by atoms with Gasteiger partial charge in [0, 0.05) is 6.54 Å². The highest BCUT2D eigenvalue weighted by Gasteiger charge is 2.13. The smallest absolute Gasteiger partial charge is 0.249 e. The van der Waals surface area contributed by atoms with E-state index in [4.69, 9.17) is 18.9 Å². The van der Waals surface area contributed by atoms with Gasteiger partial charge in [0.25, 0.3) is 0 Å². The summed E-state index contributed by atoms with van der Waals surface area (Å²) in [4.78, 5) is 23.8. The van der Waals surface area contributed by atoms with Crippen molar-refractivity contribution >= 4 is 18.0 Å². The fourth-order valence-electron chi connectivity index (χ4n) is 2.80. The Kier molecular flexibility index (Phi) is 7.09. The Morgan fingerprint density at radius 2 is 1.83 bits per heavy atom. The largest absolute Gasteiger partial charge is 0.493 e. The first kappa shape index (κ1) is 21.0. The topological polar surface area (TPSA) is 107 Å². The van der Waals surface area contributed by atoms with Crippen LogP contribution in [0.3, 0.4) is 0 Å². The van der Waals surface area contributed by atoms with Gasteiger partial charge >= 0.3 is 0 Å². The molecule has 2 aromatic carbocycles. The monoisotopic (exact) mass is 413 g/mol. The molecule has 0 fully saturated rings. The minimum absolute atomic E-state index is 0.188. The van der Waals surface area contributed by atoms with Gasteiger partial charge in [-0.1, -0.05) is 6.07 Å². The SMILES string of the molecule is COc1ccc(CCNC(=O)CC(=O)N/N=C\c2ccc3c(c2)OCO3)cc1OC. The summed E-state index contributed by atoms with van der Waals surface area (Å²) in [5.41, 5.74) is 4.05. The van der Waals surface area contributed by atoms with E-state index in [1.165, 1.54) is 6.21 Å². The number of benzene rings is 2. The summed E-state index contributed by atoms with van der Waals surface area (Å²) in [6.45, 7) is 0.579. The standard InChI is InChI=1S/C21H23N3O6/c1-27-16-5-3-14(9-18(16)28-2)7-8-22-20(25)11-21(26)24-23-12-15-4-6-17-19(10-15)30-13-29-17/h3-6,9-10,12H,7-8,11,13H2,1-2H3,(H,22,25)(H,24,26)/b23-12-. The molecule has 0 bridgehead atoms. The van der Waals surface area contributed by atoms with Crippen LogP contribution >= 0.6 is 0 Å². The molecule has 1 heterocycles. The molecule has 30 heavy (non-hydrogen) atoms. The van der Waals surface area contributed by atoms with Crippen LogP contribution < -0.4 is 29.7 Å². The summed E-state index contributed by atoms with van der Waals surface area (Å²) in [7, 11) is 3.14. The van der Waals surface area contributed by atoms with E-state index in [2.05, 4.69) is 15.8 Å². The average Bonchev–Trinajstić information content (AvgIpc) is 3.21. The summed E-state index contributed by atoms with van der Waals surface area (Å²) < 4.78 is 21.0. The molecule has 1 aliphatic heterocycles. The van der Waals surface area contributed by atoms with Gasteiger partial charge in [0.15, 0.2) is 23.0 Å². The molecule has 2 N–H and O–H groups in total. The van der Waals surface area contributed by atoms with Crippen LogP contribution in [0.2, 0.25) is 0 Å². The normalized spacial score (nSPS) is 11.9. The van der Waals surface area contributed by atoms with E-state index in [9.17, 15) is 9.59 Å². The molecular formula is C21H23N3O6. The van der Waals surface area contributed by atoms with Gasteiger partial charge in [-0.15, -0.1) is 0 Å². The molecule has 0 aliphatic carbocycles. The maximum atomic E-state index is 11.9. The third-order valence-electron chi connectivity index (χ3n) is 4.30. The third-order valence-corrected chi connectivity index (χ3v) is 4.30. The Morgan fingerprint density at radius 1 is 1.03 bits per heavy atom. The van der Waals surface area contributed by atoms with Crippen LogP contribution in [0.4, 0.5) is 0 Å². The van der Waals surface area contributed by atoms with Gasteiger partial charge in [-0.3, -0.25) is 9.59 Å². The van der Waals surface area contributed by atoms with E-state index in [-0.39, 0.29) is 19.1 Å². The quantitative estimate of drug-likeness (QED) is 0.368. The fourth-order valence-corrected chi connectivity index (χ4v) is 2.80. The van der Waals surface area contributed by atoms with Crippen LogP contribution in [-0.2, 0) is 16.0 Å². The van der Waals surface area contributed by atoms with E-state index in [0.29, 0.717) is 36.0 Å². The lowest BCUT2D eigenvalue weighted by atomic mass is 10.1. The number of ether oxygens (including phenoxy) is 4. The first-order chi connectivity index (χ1) is 14.6. The van der Waals surface area contributed by atoms with Crippen LogP contribution in [-0.4, -0.2) is 45.6 Å². The zero-order chi connectivity index (χ0) is 21.3. The molecule has 3 rings (SSSR count). The Balaban J connectivity index is 1.39. The Bertz CT molecular complexity index is 944. The van der Waals surface area contributed by atoms with Crippen molar-refractivity contribution in [2.24, 2.45) is 5.10 Å². The number of hydrogen-bond acceptors (Lipinski definition) is 7. The van der Waals surface area contributed by atoms with Crippen molar-refractivity contribution in [3.8, 4) is 23.0 Å². The maximum Gasteiger partial charge on any atom is 0.249 e. The zero-order valence-electron chi connectivity index (χ0n) is 16.8. The summed E-state index contributed by atoms with van der Waals surface area (Å²) >= 11 is 0. The minimum Gasteiger partial charge on any atom is -0.493 e. The average molecular weight is 413 g/mol. The van der Waals surface area contributed by atoms with Crippen LogP contribution in [0, 0.1) is 0 Å². The van der Waals surface area contributed by atoms with Gasteiger partial charge in [-0.2, -0.15) is 5.10 Å². The van der Waals surface area contributed by atoms with Gasteiger partial charge < -0.3 is 24.3 Å². The highest BCUT2D eigenvalue weighted by molar-refractivity contribution is 5.97. The van der Waals surface area contributed by atoms with Crippen LogP contribution in [0.5, 0.6) is 23.0 Å². The molecule has 0 aromatic heterocycles. The van der Waals surface area contributed by atoms with Crippen LogP contribution in [0.1, 0.15) is 17.5 Å². The fraction of sp³-hybridized carbons (Fsp3) is 0.286. The van der Waals surface area contributed by atoms with Crippen molar-refractivity contribution in [1.29, 1.82) is 0 Å². The second-order valence-electron chi connectivity index (χ2n) is 6.37. The number of nitrogens with zero attached hydrogens (tertiary/aromatic N) is 1. The summed E-state index contributed by atoms with van der Waals surface area (Å²) in [5.74, 6) is 1.67. The molecule has 0 atom stereocenters. The lowest BCUT2D eigenvalue weighted by molar-refractivity contribution is -0.129. The minimum atomic E-state index is -0.504. The molecule has 0 radical (unpaired) electrons. The van der Waals surface area contributed by atoms with E-state index < -0.39 is 5.91 Å². The number of methoxy groups -OCH3 is 2. The number of rotatable bonds is 9. The maximum absolute atomic E-state index is 11.9. The number of carbonyl (C=O) groups is 2. The van der Waals surface area contributed by atoms with Gasteiger partial charge in [0.2, 0.25) is 18.6 Å². The summed E-state index contributed by atoms with van der Waals surface area (Å²) in [6, 6.07) is 10.8. The Labute approximate surface area is 174 Å². The molecular weight excluding hydrogens is 390 g/mol. The van der Waals surface area contributed by atoms with Gasteiger partial charge in [-0.05, 0) is 47.9 Å². The Hall–Kier alpha value is -3.75. The van der Waals surface area contributed by atoms with Crippen molar-refractivity contribution in [3.05, 3.63) is 47.5 Å². The highest BCUT2D eigenvalue weighted by Crippen LogP contribution is 2.32. The lowest BCUT2D eigenvalue weighted by Gasteiger charge is -2.10. The van der Waals surface area contributed by atoms with Crippen LogP contribution in [0.25, 0.3) is 0 Å². The lowest BCUT2D eigenvalue weighted by Crippen LogP contribution is -2.31. The molecule has 0 spiro atoms. The summed E-state index contributed by atoms with van der Waals surface area (Å²) in [5, 5.41) is 6.57. The van der Waals surface area contributed by atoms with Gasteiger partial charge in [0.1, 0.15) is 6.42 Å². The molecule has 0 unspecified atom stereocenters. The first-order valence-electron chi connectivity index (χ1n) is 9.28. The second kappa shape index (κ2) is 10.1. The second-order valence-corrected chi connectivity index (χ2v) is 6.37. The molecule has 0 saturated heterocycles. The van der Waals surface area contributed by atoms with Crippen molar-refractivity contribution in [1.82, 2.24) is 10.7 Å². The first-order valence-corrected chi connectivity index (χ1v) is 9.28. The van der Waals surface area contributed by atoms with Crippen molar-refractivity contribution in [3.63, 3.8) is 0 Å². The van der Waals surface area contributed by atoms with Gasteiger partial charge in [0.05, 0.1) is 20.4 Å². The predicted octanol–water partition coefficient (Wildman–Crippen LogP) is 1.63. The molecule has 1 aliphatic rings. The van der Waals surface area contributed by atoms with E-state index >= 15 is 0 Å². The number of nitrogens with one attached hydrogen (secondary N) is 2. The highest BCUT2D eigenvalue weighted by atomic mass is 16.7. The van der Waals surface area contributed by atoms with Crippen LogP contribution in [0.15, 0.2) is 41.5 Å². The molecule has 9 nitrogen and oxygen atoms in total.